The van der Waals surface area contributed by atoms with E-state index < -0.39 is 47.8 Å². The van der Waals surface area contributed by atoms with Gasteiger partial charge in [0.2, 0.25) is 11.8 Å². The van der Waals surface area contributed by atoms with Crippen molar-refractivity contribution in [2.45, 2.75) is 94.9 Å². The van der Waals surface area contributed by atoms with Crippen LogP contribution in [0.25, 0.3) is 5.65 Å². The molecule has 0 bridgehead atoms. The van der Waals surface area contributed by atoms with E-state index in [1.165, 1.54) is 10.7 Å². The zero-order chi connectivity index (χ0) is 33.1. The van der Waals surface area contributed by atoms with Gasteiger partial charge in [0.1, 0.15) is 11.7 Å². The van der Waals surface area contributed by atoms with Crippen LogP contribution in [0.4, 0.5) is 22.0 Å². The normalized spacial score (nSPS) is 24.0. The number of alkyl halides is 5. The number of hydrogen-bond donors (Lipinski definition) is 2. The Balaban J connectivity index is 1.18. The van der Waals surface area contributed by atoms with Crippen molar-refractivity contribution in [3.63, 3.8) is 0 Å². The molecule has 0 radical (unpaired) electrons. The topological polar surface area (TPSA) is 171 Å². The second-order valence-corrected chi connectivity index (χ2v) is 12.8. The maximum absolute atomic E-state index is 14.1. The molecule has 5 heterocycles. The lowest BCUT2D eigenvalue weighted by Crippen LogP contribution is -2.40. The first kappa shape index (κ1) is 31.0. The van der Waals surface area contributed by atoms with E-state index >= 15 is 0 Å². The van der Waals surface area contributed by atoms with Gasteiger partial charge < -0.3 is 10.6 Å². The molecule has 250 valence electrons. The van der Waals surface area contributed by atoms with Gasteiger partial charge in [0, 0.05) is 18.8 Å². The van der Waals surface area contributed by atoms with Gasteiger partial charge in [-0.2, -0.15) is 23.1 Å². The zero-order valence-corrected chi connectivity index (χ0v) is 25.0. The smallest absolute Gasteiger partial charge is 0.344 e. The van der Waals surface area contributed by atoms with Gasteiger partial charge in [-0.1, -0.05) is 5.16 Å². The molecule has 4 aromatic heterocycles. The molecule has 3 fully saturated rings. The van der Waals surface area contributed by atoms with Crippen LogP contribution in [0.1, 0.15) is 90.2 Å². The van der Waals surface area contributed by atoms with E-state index in [-0.39, 0.29) is 61.8 Å². The number of carbonyl (C=O) groups excluding carboxylic acids is 2. The van der Waals surface area contributed by atoms with Crippen molar-refractivity contribution in [3.05, 3.63) is 46.9 Å². The molecule has 1 saturated heterocycles. The molecule has 0 spiro atoms. The van der Waals surface area contributed by atoms with E-state index in [1.54, 1.807) is 19.2 Å². The van der Waals surface area contributed by atoms with Crippen LogP contribution >= 0.6 is 0 Å². The van der Waals surface area contributed by atoms with Gasteiger partial charge in [0.25, 0.3) is 5.91 Å². The van der Waals surface area contributed by atoms with Gasteiger partial charge in [-0.15, -0.1) is 10.2 Å². The molecular formula is C28H30F5N11O3. The van der Waals surface area contributed by atoms with E-state index in [1.807, 2.05) is 0 Å². The summed E-state index contributed by atoms with van der Waals surface area (Å²) >= 11 is 0. The third-order valence-electron chi connectivity index (χ3n) is 9.24. The average Bonchev–Trinajstić information content (AvgIpc) is 3.31. The Bertz CT molecular complexity index is 1810. The largest absolute Gasteiger partial charge is 0.408 e. The molecule has 0 unspecified atom stereocenters. The Morgan fingerprint density at radius 2 is 1.96 bits per heavy atom. The second kappa shape index (κ2) is 11.3. The fraction of sp³-hybridized carbons (Fsp3) is 0.607. The minimum Gasteiger partial charge on any atom is -0.344 e. The lowest BCUT2D eigenvalue weighted by Gasteiger charge is -2.33. The standard InChI is InChI=1S/C28H30F5N11O3/c1-14-38-42-44(39-14)13-26(10-19(28(31,32)33)36-25(26)46)9-15-8-20-35-18(12-43(20)34-11-15)21(17-4-6-27(29,30)7-5-17)37-24(45)23-22(16-2-3-16)40-47-41-23/h8,11-12,16-17,19,21H,2-7,9-10,13H2,1H3,(H,36,46)(H,37,45)/t19-,21-,26-/m0/s1. The SMILES string of the molecule is Cc1nnn(C[C@]2(Cc3cnn4cc([C@@H](NC(=O)c5nonc5C5CC5)C5CCC(F)(F)CC5)nc4c3)C[C@@H](C(F)(F)F)NC2=O)n1. The third kappa shape index (κ3) is 6.26. The summed E-state index contributed by atoms with van der Waals surface area (Å²) in [6.45, 7) is 1.32. The van der Waals surface area contributed by atoms with Crippen LogP contribution in [0.2, 0.25) is 0 Å². The van der Waals surface area contributed by atoms with E-state index in [0.717, 1.165) is 17.6 Å². The molecular weight excluding hydrogens is 633 g/mol. The summed E-state index contributed by atoms with van der Waals surface area (Å²) in [6.07, 6.45) is -1.09. The van der Waals surface area contributed by atoms with Gasteiger partial charge in [-0.05, 0) is 73.4 Å². The molecule has 3 aliphatic rings. The van der Waals surface area contributed by atoms with Crippen molar-refractivity contribution in [1.82, 2.24) is 55.8 Å². The highest BCUT2D eigenvalue weighted by atomic mass is 19.4. The van der Waals surface area contributed by atoms with Gasteiger partial charge >= 0.3 is 6.18 Å². The van der Waals surface area contributed by atoms with Crippen LogP contribution in [0.3, 0.4) is 0 Å². The lowest BCUT2D eigenvalue weighted by atomic mass is 9.79. The number of nitrogens with zero attached hydrogens (tertiary/aromatic N) is 9. The van der Waals surface area contributed by atoms with Gasteiger partial charge in [0.15, 0.2) is 17.2 Å². The molecule has 47 heavy (non-hydrogen) atoms. The molecule has 14 nitrogen and oxygen atoms in total. The number of halogens is 5. The number of aromatic nitrogens is 9. The number of rotatable bonds is 9. The average molecular weight is 664 g/mol. The maximum Gasteiger partial charge on any atom is 0.408 e. The summed E-state index contributed by atoms with van der Waals surface area (Å²) in [4.78, 5) is 32.3. The minimum atomic E-state index is -4.66. The molecule has 0 aromatic carbocycles. The van der Waals surface area contributed by atoms with Crippen molar-refractivity contribution in [3.8, 4) is 0 Å². The van der Waals surface area contributed by atoms with Crippen LogP contribution in [0.5, 0.6) is 0 Å². The first-order chi connectivity index (χ1) is 22.3. The molecule has 2 N–H and O–H groups in total. The van der Waals surface area contributed by atoms with Crippen molar-refractivity contribution < 1.29 is 36.2 Å². The number of aryl methyl sites for hydroxylation is 1. The van der Waals surface area contributed by atoms with E-state index in [2.05, 4.69) is 46.4 Å². The number of tetrazole rings is 1. The van der Waals surface area contributed by atoms with E-state index in [9.17, 15) is 31.5 Å². The van der Waals surface area contributed by atoms with Crippen molar-refractivity contribution in [2.24, 2.45) is 11.3 Å². The monoisotopic (exact) mass is 663 g/mol. The Kier molecular flexibility index (Phi) is 7.46. The van der Waals surface area contributed by atoms with Gasteiger partial charge in [0.05, 0.1) is 36.1 Å². The Morgan fingerprint density at radius 3 is 2.62 bits per heavy atom. The Morgan fingerprint density at radius 1 is 1.19 bits per heavy atom. The molecule has 2 amide bonds. The van der Waals surface area contributed by atoms with Crippen molar-refractivity contribution >= 4 is 17.5 Å². The fourth-order valence-corrected chi connectivity index (χ4v) is 6.64. The molecule has 2 aliphatic carbocycles. The second-order valence-electron chi connectivity index (χ2n) is 12.8. The first-order valence-electron chi connectivity index (χ1n) is 15.3. The molecule has 19 heteroatoms. The Labute approximate surface area is 262 Å². The first-order valence-corrected chi connectivity index (χ1v) is 15.3. The van der Waals surface area contributed by atoms with Crippen LogP contribution in [-0.4, -0.2) is 75.1 Å². The fourth-order valence-electron chi connectivity index (χ4n) is 6.64. The number of carbonyl (C=O) groups is 2. The molecule has 7 rings (SSSR count). The van der Waals surface area contributed by atoms with Crippen LogP contribution in [0, 0.1) is 18.3 Å². The zero-order valence-electron chi connectivity index (χ0n) is 25.0. The third-order valence-corrected chi connectivity index (χ3v) is 9.24. The highest BCUT2D eigenvalue weighted by molar-refractivity contribution is 5.93. The van der Waals surface area contributed by atoms with Gasteiger partial charge in [-0.3, -0.25) is 9.59 Å². The summed E-state index contributed by atoms with van der Waals surface area (Å²) in [5.41, 5.74) is -0.0167. The predicted molar refractivity (Wildman–Crippen MR) is 148 cm³/mol. The summed E-state index contributed by atoms with van der Waals surface area (Å²) in [5.74, 6) is -4.17. The number of nitrogens with one attached hydrogen (secondary N) is 2. The molecule has 3 atom stereocenters. The van der Waals surface area contributed by atoms with E-state index in [4.69, 9.17) is 4.63 Å². The summed E-state index contributed by atoms with van der Waals surface area (Å²) in [5, 5.41) is 28.7. The lowest BCUT2D eigenvalue weighted by molar-refractivity contribution is -0.155. The molecule has 4 aromatic rings. The predicted octanol–water partition coefficient (Wildman–Crippen LogP) is 3.26. The summed E-state index contributed by atoms with van der Waals surface area (Å²) in [6, 6.07) is -1.25. The number of hydrogen-bond acceptors (Lipinski definition) is 10. The van der Waals surface area contributed by atoms with Crippen molar-refractivity contribution in [2.75, 3.05) is 0 Å². The highest BCUT2D eigenvalue weighted by Gasteiger charge is 2.56. The minimum absolute atomic E-state index is 0.0391. The highest BCUT2D eigenvalue weighted by Crippen LogP contribution is 2.44. The number of fused-ring (bicyclic) bond motifs is 1. The molecule has 2 saturated carbocycles. The van der Waals surface area contributed by atoms with Crippen LogP contribution in [0.15, 0.2) is 23.1 Å². The number of imidazole rings is 1. The van der Waals surface area contributed by atoms with Crippen LogP contribution in [-0.2, 0) is 17.8 Å². The Hall–Kier alpha value is -4.58. The van der Waals surface area contributed by atoms with Gasteiger partial charge in [-0.25, -0.2) is 22.9 Å². The quantitative estimate of drug-likeness (QED) is 0.253. The van der Waals surface area contributed by atoms with Crippen molar-refractivity contribution in [1.29, 1.82) is 0 Å². The van der Waals surface area contributed by atoms with Crippen LogP contribution < -0.4 is 10.6 Å². The molecule has 1 aliphatic heterocycles. The summed E-state index contributed by atoms with van der Waals surface area (Å²) in [7, 11) is 0. The summed E-state index contributed by atoms with van der Waals surface area (Å²) < 4.78 is 75.6. The maximum atomic E-state index is 14.1. The van der Waals surface area contributed by atoms with E-state index in [0.29, 0.717) is 22.8 Å². The number of amides is 2.